The Morgan fingerprint density at radius 3 is 2.39 bits per heavy atom. The molecular weight excluding hydrogens is 386 g/mol. The third-order valence-corrected chi connectivity index (χ3v) is 5.50. The summed E-state index contributed by atoms with van der Waals surface area (Å²) >= 11 is 0. The number of benzene rings is 3. The van der Waals surface area contributed by atoms with Gasteiger partial charge in [-0.05, 0) is 42.8 Å². The first kappa shape index (κ1) is 19.0. The van der Waals surface area contributed by atoms with Crippen LogP contribution >= 0.6 is 0 Å². The van der Waals surface area contributed by atoms with E-state index in [9.17, 15) is 9.59 Å². The Kier molecular flexibility index (Phi) is 4.71. The van der Waals surface area contributed by atoms with Gasteiger partial charge in [0.15, 0.2) is 0 Å². The minimum absolute atomic E-state index is 0.0648. The number of hydrogen-bond acceptors (Lipinski definition) is 3. The lowest BCUT2D eigenvalue weighted by Crippen LogP contribution is -2.27. The molecule has 0 fully saturated rings. The first-order valence-electron chi connectivity index (χ1n) is 10.4. The molecule has 1 aromatic heterocycles. The number of para-hydroxylation sites is 3. The van der Waals surface area contributed by atoms with Crippen LogP contribution in [-0.4, -0.2) is 22.0 Å². The molecule has 0 saturated heterocycles. The first-order chi connectivity index (χ1) is 15.2. The highest BCUT2D eigenvalue weighted by Crippen LogP contribution is 2.37. The van der Waals surface area contributed by atoms with Crippen molar-refractivity contribution in [2.45, 2.75) is 13.3 Å². The van der Waals surface area contributed by atoms with Crippen molar-refractivity contribution < 1.29 is 4.79 Å². The molecule has 3 aromatic carbocycles. The molecule has 5 heteroatoms. The van der Waals surface area contributed by atoms with Crippen molar-refractivity contribution in [2.24, 2.45) is 0 Å². The molecule has 5 rings (SSSR count). The fourth-order valence-electron chi connectivity index (χ4n) is 4.09. The molecule has 0 saturated carbocycles. The Morgan fingerprint density at radius 2 is 1.58 bits per heavy atom. The average Bonchev–Trinajstić information content (AvgIpc) is 3.06. The number of anilines is 1. The predicted molar refractivity (Wildman–Crippen MR) is 124 cm³/mol. The molecular formula is C26H21N3O2. The van der Waals surface area contributed by atoms with E-state index < -0.39 is 0 Å². The topological polar surface area (TPSA) is 55.2 Å². The largest absolute Gasteiger partial charge is 0.308 e. The van der Waals surface area contributed by atoms with Gasteiger partial charge in [0, 0.05) is 12.1 Å². The van der Waals surface area contributed by atoms with Gasteiger partial charge in [-0.2, -0.15) is 0 Å². The van der Waals surface area contributed by atoms with E-state index in [1.807, 2.05) is 72.8 Å². The smallest absolute Gasteiger partial charge is 0.266 e. The third-order valence-electron chi connectivity index (χ3n) is 5.50. The van der Waals surface area contributed by atoms with E-state index in [1.165, 1.54) is 0 Å². The molecule has 152 valence electrons. The van der Waals surface area contributed by atoms with Gasteiger partial charge in [0.1, 0.15) is 5.82 Å². The van der Waals surface area contributed by atoms with Gasteiger partial charge in [-0.15, -0.1) is 0 Å². The Bertz CT molecular complexity index is 1390. The lowest BCUT2D eigenvalue weighted by atomic mass is 10.1. The Hall–Kier alpha value is -3.99. The van der Waals surface area contributed by atoms with E-state index in [2.05, 4.69) is 6.92 Å². The summed E-state index contributed by atoms with van der Waals surface area (Å²) in [7, 11) is 0. The van der Waals surface area contributed by atoms with Crippen LogP contribution in [0, 0.1) is 0 Å². The molecule has 2 heterocycles. The molecule has 0 unspecified atom stereocenters. The molecule has 1 aliphatic heterocycles. The van der Waals surface area contributed by atoms with Crippen LogP contribution in [0.4, 0.5) is 5.69 Å². The molecule has 0 aliphatic carbocycles. The van der Waals surface area contributed by atoms with E-state index >= 15 is 0 Å². The zero-order valence-electron chi connectivity index (χ0n) is 17.2. The summed E-state index contributed by atoms with van der Waals surface area (Å²) in [6.45, 7) is 2.69. The summed E-state index contributed by atoms with van der Waals surface area (Å²) < 4.78 is 1.58. The Balaban J connectivity index is 1.79. The van der Waals surface area contributed by atoms with Crippen molar-refractivity contribution >= 4 is 34.1 Å². The quantitative estimate of drug-likeness (QED) is 0.462. The van der Waals surface area contributed by atoms with Gasteiger partial charge >= 0.3 is 0 Å². The second kappa shape index (κ2) is 7.69. The highest BCUT2D eigenvalue weighted by molar-refractivity contribution is 6.35. The van der Waals surface area contributed by atoms with Gasteiger partial charge < -0.3 is 4.90 Å². The molecule has 5 nitrogen and oxygen atoms in total. The fourth-order valence-corrected chi connectivity index (χ4v) is 4.09. The van der Waals surface area contributed by atoms with Crippen LogP contribution in [-0.2, 0) is 4.79 Å². The van der Waals surface area contributed by atoms with Crippen LogP contribution in [0.2, 0.25) is 0 Å². The van der Waals surface area contributed by atoms with Gasteiger partial charge in [-0.3, -0.25) is 14.2 Å². The summed E-state index contributed by atoms with van der Waals surface area (Å²) in [5.74, 6) is 0.372. The van der Waals surface area contributed by atoms with Crippen molar-refractivity contribution in [3.63, 3.8) is 0 Å². The van der Waals surface area contributed by atoms with Crippen LogP contribution in [0.5, 0.6) is 0 Å². The summed E-state index contributed by atoms with van der Waals surface area (Å²) in [6, 6.07) is 24.5. The zero-order chi connectivity index (χ0) is 21.4. The lowest BCUT2D eigenvalue weighted by molar-refractivity contribution is -0.113. The zero-order valence-corrected chi connectivity index (χ0v) is 17.2. The van der Waals surface area contributed by atoms with E-state index in [0.717, 1.165) is 17.7 Å². The van der Waals surface area contributed by atoms with Crippen LogP contribution in [0.25, 0.3) is 28.2 Å². The van der Waals surface area contributed by atoms with Gasteiger partial charge in [0.05, 0.1) is 27.9 Å². The second-order valence-electron chi connectivity index (χ2n) is 7.50. The second-order valence-corrected chi connectivity index (χ2v) is 7.50. The molecule has 0 atom stereocenters. The monoisotopic (exact) mass is 407 g/mol. The fraction of sp³-hybridized carbons (Fsp3) is 0.115. The molecule has 0 radical (unpaired) electrons. The van der Waals surface area contributed by atoms with Crippen molar-refractivity contribution in [3.05, 3.63) is 101 Å². The normalized spacial score (nSPS) is 14.4. The standard InChI is InChI=1S/C26H21N3O2/c1-2-16-28-23-15-9-7-12-19(23)21(25(28)30)17-24-27-22-14-8-6-13-20(22)26(31)29(24)18-10-4-3-5-11-18/h3-15,17H,2,16H2,1H3. The Morgan fingerprint density at radius 1 is 0.871 bits per heavy atom. The van der Waals surface area contributed by atoms with Gasteiger partial charge in [0.25, 0.3) is 11.5 Å². The van der Waals surface area contributed by atoms with E-state index in [0.29, 0.717) is 34.5 Å². The summed E-state index contributed by atoms with van der Waals surface area (Å²) in [4.78, 5) is 33.3. The van der Waals surface area contributed by atoms with Gasteiger partial charge in [-0.25, -0.2) is 4.98 Å². The summed E-state index contributed by atoms with van der Waals surface area (Å²) in [5, 5.41) is 0.541. The maximum atomic E-state index is 13.4. The van der Waals surface area contributed by atoms with Crippen LogP contribution in [0.3, 0.4) is 0 Å². The highest BCUT2D eigenvalue weighted by atomic mass is 16.2. The van der Waals surface area contributed by atoms with Gasteiger partial charge in [-0.1, -0.05) is 55.5 Å². The average molecular weight is 407 g/mol. The van der Waals surface area contributed by atoms with E-state index in [-0.39, 0.29) is 11.5 Å². The van der Waals surface area contributed by atoms with E-state index in [1.54, 1.807) is 21.6 Å². The first-order valence-corrected chi connectivity index (χ1v) is 10.4. The van der Waals surface area contributed by atoms with Gasteiger partial charge in [0.2, 0.25) is 0 Å². The molecule has 31 heavy (non-hydrogen) atoms. The number of amides is 1. The number of aromatic nitrogens is 2. The summed E-state index contributed by atoms with van der Waals surface area (Å²) in [5.41, 5.74) is 3.47. The van der Waals surface area contributed by atoms with Crippen molar-refractivity contribution in [2.75, 3.05) is 11.4 Å². The number of carbonyl (C=O) groups is 1. The maximum Gasteiger partial charge on any atom is 0.266 e. The number of rotatable bonds is 4. The number of carbonyl (C=O) groups excluding carboxylic acids is 1. The van der Waals surface area contributed by atoms with Crippen LogP contribution < -0.4 is 10.5 Å². The molecule has 1 amide bonds. The summed E-state index contributed by atoms with van der Waals surface area (Å²) in [6.07, 6.45) is 2.61. The van der Waals surface area contributed by atoms with Crippen molar-refractivity contribution in [1.29, 1.82) is 0 Å². The number of fused-ring (bicyclic) bond motifs is 2. The third kappa shape index (κ3) is 3.15. The van der Waals surface area contributed by atoms with Crippen LogP contribution in [0.15, 0.2) is 83.7 Å². The molecule has 4 aromatic rings. The van der Waals surface area contributed by atoms with E-state index in [4.69, 9.17) is 4.98 Å². The molecule has 0 N–H and O–H groups in total. The predicted octanol–water partition coefficient (Wildman–Crippen LogP) is 4.68. The van der Waals surface area contributed by atoms with Crippen molar-refractivity contribution in [3.8, 4) is 5.69 Å². The molecule has 1 aliphatic rings. The highest BCUT2D eigenvalue weighted by Gasteiger charge is 2.31. The van der Waals surface area contributed by atoms with Crippen molar-refractivity contribution in [1.82, 2.24) is 9.55 Å². The minimum atomic E-state index is -0.159. The lowest BCUT2D eigenvalue weighted by Gasteiger charge is -2.15. The number of hydrogen-bond donors (Lipinski definition) is 0. The number of nitrogens with zero attached hydrogens (tertiary/aromatic N) is 3. The molecule has 0 bridgehead atoms. The SMILES string of the molecule is CCCN1C(=O)C(=Cc2nc3ccccc3c(=O)n2-c2ccccc2)c2ccccc21. The maximum absolute atomic E-state index is 13.4. The Labute approximate surface area is 179 Å². The minimum Gasteiger partial charge on any atom is -0.308 e. The van der Waals surface area contributed by atoms with Crippen LogP contribution in [0.1, 0.15) is 24.7 Å². The molecule has 0 spiro atoms.